The normalized spacial score (nSPS) is 11.6. The van der Waals surface area contributed by atoms with Gasteiger partial charge in [0.25, 0.3) is 0 Å². The van der Waals surface area contributed by atoms with E-state index in [1.165, 1.54) is 21.3 Å². The van der Waals surface area contributed by atoms with Crippen molar-refractivity contribution >= 4 is 22.5 Å². The van der Waals surface area contributed by atoms with Crippen molar-refractivity contribution in [3.63, 3.8) is 0 Å². The number of hydrogen-bond donors (Lipinski definition) is 3. The molecule has 3 rings (SSSR count). The van der Waals surface area contributed by atoms with Gasteiger partial charge in [0.2, 0.25) is 5.75 Å². The highest BCUT2D eigenvalue weighted by atomic mass is 16.5. The minimum absolute atomic E-state index is 0.306. The van der Waals surface area contributed by atoms with Gasteiger partial charge in [0.1, 0.15) is 0 Å². The van der Waals surface area contributed by atoms with Gasteiger partial charge in [-0.15, -0.1) is 0 Å². The van der Waals surface area contributed by atoms with Crippen molar-refractivity contribution in [1.82, 2.24) is 5.32 Å². The van der Waals surface area contributed by atoms with Gasteiger partial charge < -0.3 is 30.0 Å². The van der Waals surface area contributed by atoms with Crippen molar-refractivity contribution < 1.29 is 24.1 Å². The topological polar surface area (TPSA) is 89.1 Å². The van der Waals surface area contributed by atoms with Crippen LogP contribution in [-0.4, -0.2) is 39.0 Å². The molecule has 158 valence electrons. The fourth-order valence-electron chi connectivity index (χ4n) is 3.35. The molecular formula is C23H26N2O5. The molecule has 0 aliphatic heterocycles. The van der Waals surface area contributed by atoms with Gasteiger partial charge in [0.05, 0.1) is 33.1 Å². The molecule has 0 saturated carbocycles. The van der Waals surface area contributed by atoms with Crippen LogP contribution in [0.2, 0.25) is 0 Å². The molecule has 0 aliphatic rings. The zero-order valence-electron chi connectivity index (χ0n) is 17.3. The van der Waals surface area contributed by atoms with Crippen LogP contribution < -0.4 is 24.8 Å². The van der Waals surface area contributed by atoms with Gasteiger partial charge in [-0.05, 0) is 22.8 Å². The average molecular weight is 410 g/mol. The van der Waals surface area contributed by atoms with E-state index in [1.54, 1.807) is 12.1 Å². The Hall–Kier alpha value is -3.45. The first kappa shape index (κ1) is 21.3. The summed E-state index contributed by atoms with van der Waals surface area (Å²) in [6.07, 6.45) is -0.297. The second-order valence-electron chi connectivity index (χ2n) is 6.67. The minimum Gasteiger partial charge on any atom is -0.493 e. The number of fused-ring (bicyclic) bond motifs is 1. The smallest absolute Gasteiger partial charge is 0.319 e. The van der Waals surface area contributed by atoms with Crippen LogP contribution in [-0.2, 0) is 0 Å². The largest absolute Gasteiger partial charge is 0.493 e. The van der Waals surface area contributed by atoms with Crippen LogP contribution in [0.3, 0.4) is 0 Å². The van der Waals surface area contributed by atoms with Crippen molar-refractivity contribution in [2.75, 3.05) is 33.2 Å². The number of ether oxygens (including phenoxy) is 3. The molecule has 0 spiro atoms. The van der Waals surface area contributed by atoms with Gasteiger partial charge in [0, 0.05) is 18.7 Å². The summed E-state index contributed by atoms with van der Waals surface area (Å²) in [5, 5.41) is 18.2. The molecule has 3 aromatic rings. The summed E-state index contributed by atoms with van der Waals surface area (Å²) in [5.41, 5.74) is 1.34. The molecule has 3 aromatic carbocycles. The van der Waals surface area contributed by atoms with E-state index in [4.69, 9.17) is 14.2 Å². The van der Waals surface area contributed by atoms with Gasteiger partial charge in [0.15, 0.2) is 11.5 Å². The second kappa shape index (κ2) is 9.84. The summed E-state index contributed by atoms with van der Waals surface area (Å²) < 4.78 is 15.9. The third kappa shape index (κ3) is 4.75. The van der Waals surface area contributed by atoms with Crippen LogP contribution in [0.5, 0.6) is 17.2 Å². The lowest BCUT2D eigenvalue weighted by Gasteiger charge is -2.16. The van der Waals surface area contributed by atoms with Crippen molar-refractivity contribution in [2.24, 2.45) is 0 Å². The first-order chi connectivity index (χ1) is 14.6. The molecule has 7 heteroatoms. The fourth-order valence-corrected chi connectivity index (χ4v) is 3.35. The molecule has 2 amide bonds. The first-order valence-electron chi connectivity index (χ1n) is 9.58. The third-order valence-electron chi connectivity index (χ3n) is 4.81. The Morgan fingerprint density at radius 2 is 1.63 bits per heavy atom. The second-order valence-corrected chi connectivity index (χ2v) is 6.67. The van der Waals surface area contributed by atoms with Gasteiger partial charge in [-0.2, -0.15) is 0 Å². The molecule has 0 bridgehead atoms. The van der Waals surface area contributed by atoms with Gasteiger partial charge in [-0.3, -0.25) is 0 Å². The van der Waals surface area contributed by atoms with E-state index in [9.17, 15) is 9.90 Å². The maximum atomic E-state index is 12.3. The van der Waals surface area contributed by atoms with Crippen molar-refractivity contribution in [3.05, 3.63) is 60.2 Å². The number of nitrogens with one attached hydrogen (secondary N) is 2. The minimum atomic E-state index is -0.683. The number of amides is 2. The monoisotopic (exact) mass is 410 g/mol. The number of carbonyl (C=O) groups is 1. The Labute approximate surface area is 175 Å². The van der Waals surface area contributed by atoms with E-state index in [1.807, 2.05) is 42.5 Å². The lowest BCUT2D eigenvalue weighted by atomic mass is 9.99. The number of anilines is 1. The standard InChI is InChI=1S/C23H26N2O5/c1-28-20-13-16(14-21(29-2)22(20)30-3)25-23(27)24-12-11-19(26)18-10-6-8-15-7-4-5-9-17(15)18/h4-10,13-14,19,26H,11-12H2,1-3H3,(H2,24,25,27). The molecule has 1 unspecified atom stereocenters. The van der Waals surface area contributed by atoms with Gasteiger partial charge >= 0.3 is 6.03 Å². The summed E-state index contributed by atoms with van der Waals surface area (Å²) >= 11 is 0. The fraction of sp³-hybridized carbons (Fsp3) is 0.261. The number of aliphatic hydroxyl groups excluding tert-OH is 1. The van der Waals surface area contributed by atoms with Crippen molar-refractivity contribution in [2.45, 2.75) is 12.5 Å². The molecule has 0 radical (unpaired) electrons. The number of methoxy groups -OCH3 is 3. The molecule has 1 atom stereocenters. The predicted molar refractivity (Wildman–Crippen MR) is 117 cm³/mol. The molecule has 7 nitrogen and oxygen atoms in total. The number of hydrogen-bond acceptors (Lipinski definition) is 5. The number of urea groups is 1. The van der Waals surface area contributed by atoms with Crippen molar-refractivity contribution in [3.8, 4) is 17.2 Å². The van der Waals surface area contributed by atoms with E-state index in [2.05, 4.69) is 10.6 Å². The van der Waals surface area contributed by atoms with E-state index in [0.29, 0.717) is 35.9 Å². The molecule has 0 aliphatic carbocycles. The van der Waals surface area contributed by atoms with Crippen LogP contribution in [0.15, 0.2) is 54.6 Å². The Kier molecular flexibility index (Phi) is 6.98. The van der Waals surface area contributed by atoms with E-state index in [0.717, 1.165) is 16.3 Å². The SMILES string of the molecule is COc1cc(NC(=O)NCCC(O)c2cccc3ccccc23)cc(OC)c1OC. The number of aliphatic hydroxyl groups is 1. The maximum absolute atomic E-state index is 12.3. The summed E-state index contributed by atoms with van der Waals surface area (Å²) in [7, 11) is 4.53. The highest BCUT2D eigenvalue weighted by Gasteiger charge is 2.15. The van der Waals surface area contributed by atoms with Crippen LogP contribution >= 0.6 is 0 Å². The summed E-state index contributed by atoms with van der Waals surface area (Å²) in [6, 6.07) is 16.6. The molecule has 0 aromatic heterocycles. The number of carbonyl (C=O) groups excluding carboxylic acids is 1. The predicted octanol–water partition coefficient (Wildman–Crippen LogP) is 4.11. The Morgan fingerprint density at radius 1 is 0.967 bits per heavy atom. The zero-order valence-corrected chi connectivity index (χ0v) is 17.3. The molecule has 30 heavy (non-hydrogen) atoms. The Morgan fingerprint density at radius 3 is 2.30 bits per heavy atom. The zero-order chi connectivity index (χ0) is 21.5. The van der Waals surface area contributed by atoms with Crippen LogP contribution in [0.1, 0.15) is 18.1 Å². The lowest BCUT2D eigenvalue weighted by molar-refractivity contribution is 0.169. The summed E-state index contributed by atoms with van der Waals surface area (Å²) in [4.78, 5) is 12.3. The Bertz CT molecular complexity index is 991. The molecule has 0 saturated heterocycles. The van der Waals surface area contributed by atoms with Crippen molar-refractivity contribution in [1.29, 1.82) is 0 Å². The number of rotatable bonds is 8. The van der Waals surface area contributed by atoms with Gasteiger partial charge in [-0.1, -0.05) is 42.5 Å². The summed E-state index contributed by atoms with van der Waals surface area (Å²) in [5.74, 6) is 1.33. The molecule has 3 N–H and O–H groups in total. The highest BCUT2D eigenvalue weighted by Crippen LogP contribution is 2.39. The Balaban J connectivity index is 1.60. The number of benzene rings is 3. The van der Waals surface area contributed by atoms with Crippen LogP contribution in [0.4, 0.5) is 10.5 Å². The van der Waals surface area contributed by atoms with E-state index < -0.39 is 12.1 Å². The van der Waals surface area contributed by atoms with Gasteiger partial charge in [-0.25, -0.2) is 4.79 Å². The maximum Gasteiger partial charge on any atom is 0.319 e. The summed E-state index contributed by atoms with van der Waals surface area (Å²) in [6.45, 7) is 0.306. The molecule has 0 fully saturated rings. The lowest BCUT2D eigenvalue weighted by Crippen LogP contribution is -2.30. The first-order valence-corrected chi connectivity index (χ1v) is 9.58. The van der Waals surface area contributed by atoms with Crippen LogP contribution in [0, 0.1) is 0 Å². The van der Waals surface area contributed by atoms with E-state index in [-0.39, 0.29) is 0 Å². The molecule has 0 heterocycles. The third-order valence-corrected chi connectivity index (χ3v) is 4.81. The highest BCUT2D eigenvalue weighted by molar-refractivity contribution is 5.90. The molecular weight excluding hydrogens is 384 g/mol. The van der Waals surface area contributed by atoms with Crippen LogP contribution in [0.25, 0.3) is 10.8 Å². The quantitative estimate of drug-likeness (QED) is 0.520. The van der Waals surface area contributed by atoms with E-state index >= 15 is 0 Å². The average Bonchev–Trinajstić information content (AvgIpc) is 2.77.